The third-order valence-electron chi connectivity index (χ3n) is 4.56. The van der Waals surface area contributed by atoms with Crippen molar-refractivity contribution in [2.45, 2.75) is 16.7 Å². The summed E-state index contributed by atoms with van der Waals surface area (Å²) >= 11 is 0. The van der Waals surface area contributed by atoms with Gasteiger partial charge in [-0.1, -0.05) is 66.7 Å². The minimum atomic E-state index is -3.45. The van der Waals surface area contributed by atoms with E-state index in [9.17, 15) is 13.5 Å². The molecule has 0 spiro atoms. The smallest absolute Gasteiger partial charge is 0.182 e. The van der Waals surface area contributed by atoms with E-state index in [-0.39, 0.29) is 18.4 Å². The number of nitrogens with one attached hydrogen (secondary N) is 1. The van der Waals surface area contributed by atoms with Crippen LogP contribution in [0.2, 0.25) is 0 Å². The van der Waals surface area contributed by atoms with Crippen LogP contribution >= 0.6 is 0 Å². The molecule has 0 saturated carbocycles. The fourth-order valence-electron chi connectivity index (χ4n) is 3.05. The third-order valence-corrected chi connectivity index (χ3v) is 6.27. The fourth-order valence-corrected chi connectivity index (χ4v) is 4.39. The van der Waals surface area contributed by atoms with Gasteiger partial charge in [-0.2, -0.15) is 0 Å². The molecule has 3 rings (SSSR count). The van der Waals surface area contributed by atoms with Crippen molar-refractivity contribution in [3.8, 4) is 11.1 Å². The van der Waals surface area contributed by atoms with E-state index in [1.165, 1.54) is 0 Å². The van der Waals surface area contributed by atoms with E-state index in [1.807, 2.05) is 60.7 Å². The van der Waals surface area contributed by atoms with Gasteiger partial charge in [0.1, 0.15) is 0 Å². The van der Waals surface area contributed by atoms with Crippen LogP contribution in [0.5, 0.6) is 0 Å². The molecule has 0 unspecified atom stereocenters. The summed E-state index contributed by atoms with van der Waals surface area (Å²) in [4.78, 5) is 0.305. The van der Waals surface area contributed by atoms with E-state index < -0.39 is 9.84 Å². The quantitative estimate of drug-likeness (QED) is 0.656. The van der Waals surface area contributed by atoms with E-state index in [1.54, 1.807) is 25.2 Å². The molecule has 0 bridgehead atoms. The molecule has 0 aliphatic heterocycles. The molecule has 1 atom stereocenters. The monoisotopic (exact) mass is 381 g/mol. The highest BCUT2D eigenvalue weighted by atomic mass is 32.2. The highest BCUT2D eigenvalue weighted by molar-refractivity contribution is 7.90. The van der Waals surface area contributed by atoms with Crippen molar-refractivity contribution in [1.29, 1.82) is 0 Å². The van der Waals surface area contributed by atoms with Gasteiger partial charge in [0.05, 0.1) is 23.3 Å². The molecule has 0 heterocycles. The van der Waals surface area contributed by atoms with Gasteiger partial charge in [-0.05, 0) is 41.4 Å². The van der Waals surface area contributed by atoms with Gasteiger partial charge in [-0.3, -0.25) is 0 Å². The normalized spacial score (nSPS) is 12.7. The first kappa shape index (κ1) is 19.3. The lowest BCUT2D eigenvalue weighted by molar-refractivity contribution is 0.251. The summed E-state index contributed by atoms with van der Waals surface area (Å²) in [5, 5.41) is 12.4. The second-order valence-corrected chi connectivity index (χ2v) is 8.41. The Bertz CT molecular complexity index is 980. The lowest BCUT2D eigenvalue weighted by atomic mass is 10.1. The van der Waals surface area contributed by atoms with Crippen molar-refractivity contribution >= 4 is 9.84 Å². The van der Waals surface area contributed by atoms with Crippen molar-refractivity contribution in [3.05, 3.63) is 90.0 Å². The molecule has 27 heavy (non-hydrogen) atoms. The summed E-state index contributed by atoms with van der Waals surface area (Å²) in [6, 6.07) is 23.9. The molecule has 2 N–H and O–H groups in total. The number of benzene rings is 3. The highest BCUT2D eigenvalue weighted by Crippen LogP contribution is 2.24. The van der Waals surface area contributed by atoms with Gasteiger partial charge >= 0.3 is 0 Å². The molecule has 0 aromatic heterocycles. The predicted octanol–water partition coefficient (Wildman–Crippen LogP) is 3.58. The number of sulfone groups is 1. The number of hydrogen-bond donors (Lipinski definition) is 2. The lowest BCUT2D eigenvalue weighted by Gasteiger charge is -2.14. The standard InChI is InChI=1S/C22H23NO3S/c1-23-22(15-24)20-9-5-6-17(14-20)16-27(25,26)21-12-10-19(11-13-21)18-7-3-2-4-8-18/h2-14,22-24H,15-16H2,1H3/t22-/m0/s1. The molecule has 0 aliphatic carbocycles. The first-order chi connectivity index (χ1) is 13.0. The van der Waals surface area contributed by atoms with E-state index in [2.05, 4.69) is 5.32 Å². The number of aliphatic hydroxyl groups excluding tert-OH is 1. The molecule has 4 nitrogen and oxygen atoms in total. The zero-order chi connectivity index (χ0) is 19.3. The molecule has 0 amide bonds. The van der Waals surface area contributed by atoms with E-state index in [4.69, 9.17) is 0 Å². The Morgan fingerprint density at radius 3 is 2.19 bits per heavy atom. The molecule has 0 saturated heterocycles. The van der Waals surface area contributed by atoms with Gasteiger partial charge in [0, 0.05) is 0 Å². The van der Waals surface area contributed by atoms with Crippen LogP contribution in [0, 0.1) is 0 Å². The van der Waals surface area contributed by atoms with Gasteiger partial charge in [-0.15, -0.1) is 0 Å². The van der Waals surface area contributed by atoms with Gasteiger partial charge in [0.25, 0.3) is 0 Å². The number of hydrogen-bond acceptors (Lipinski definition) is 4. The number of likely N-dealkylation sites (N-methyl/N-ethyl adjacent to an activating group) is 1. The van der Waals surface area contributed by atoms with Gasteiger partial charge in [0.2, 0.25) is 0 Å². The Labute approximate surface area is 160 Å². The largest absolute Gasteiger partial charge is 0.394 e. The first-order valence-corrected chi connectivity index (χ1v) is 10.4. The van der Waals surface area contributed by atoms with Crippen LogP contribution in [-0.2, 0) is 15.6 Å². The van der Waals surface area contributed by atoms with Crippen LogP contribution in [0.4, 0.5) is 0 Å². The zero-order valence-corrected chi connectivity index (χ0v) is 16.0. The topological polar surface area (TPSA) is 66.4 Å². The molecule has 0 radical (unpaired) electrons. The molecular formula is C22H23NO3S. The summed E-state index contributed by atoms with van der Waals surface area (Å²) in [5.41, 5.74) is 3.60. The molecular weight excluding hydrogens is 358 g/mol. The minimum Gasteiger partial charge on any atom is -0.394 e. The number of rotatable bonds is 7. The third kappa shape index (κ3) is 4.63. The van der Waals surface area contributed by atoms with Gasteiger partial charge in [-0.25, -0.2) is 8.42 Å². The van der Waals surface area contributed by atoms with Crippen molar-refractivity contribution in [2.24, 2.45) is 0 Å². The van der Waals surface area contributed by atoms with Crippen LogP contribution in [-0.4, -0.2) is 27.2 Å². The molecule has 3 aromatic rings. The van der Waals surface area contributed by atoms with Crippen LogP contribution in [0.1, 0.15) is 17.2 Å². The predicted molar refractivity (Wildman–Crippen MR) is 108 cm³/mol. The Balaban J connectivity index is 1.82. The lowest BCUT2D eigenvalue weighted by Crippen LogP contribution is -2.20. The Kier molecular flexibility index (Phi) is 6.06. The van der Waals surface area contributed by atoms with Crippen molar-refractivity contribution in [1.82, 2.24) is 5.32 Å². The van der Waals surface area contributed by atoms with Crippen molar-refractivity contribution < 1.29 is 13.5 Å². The zero-order valence-electron chi connectivity index (χ0n) is 15.2. The maximum Gasteiger partial charge on any atom is 0.182 e. The van der Waals surface area contributed by atoms with Crippen molar-refractivity contribution in [2.75, 3.05) is 13.7 Å². The van der Waals surface area contributed by atoms with E-state index >= 15 is 0 Å². The second-order valence-electron chi connectivity index (χ2n) is 6.42. The van der Waals surface area contributed by atoms with E-state index in [0.717, 1.165) is 16.7 Å². The summed E-state index contributed by atoms with van der Waals surface area (Å²) in [6.07, 6.45) is 0. The molecule has 140 valence electrons. The summed E-state index contributed by atoms with van der Waals surface area (Å²) in [5.74, 6) is -0.0760. The molecule has 5 heteroatoms. The first-order valence-electron chi connectivity index (χ1n) is 8.78. The van der Waals surface area contributed by atoms with Gasteiger partial charge < -0.3 is 10.4 Å². The Hall–Kier alpha value is -2.47. The van der Waals surface area contributed by atoms with Crippen LogP contribution in [0.3, 0.4) is 0 Å². The Morgan fingerprint density at radius 1 is 0.889 bits per heavy atom. The second kappa shape index (κ2) is 8.48. The average Bonchev–Trinajstić information content (AvgIpc) is 2.70. The highest BCUT2D eigenvalue weighted by Gasteiger charge is 2.17. The Morgan fingerprint density at radius 2 is 1.56 bits per heavy atom. The fraction of sp³-hybridized carbons (Fsp3) is 0.182. The maximum atomic E-state index is 12.8. The molecule has 0 fully saturated rings. The SMILES string of the molecule is CN[C@@H](CO)c1cccc(CS(=O)(=O)c2ccc(-c3ccccc3)cc2)c1. The van der Waals surface area contributed by atoms with Gasteiger partial charge in [0.15, 0.2) is 9.84 Å². The van der Waals surface area contributed by atoms with Crippen LogP contribution < -0.4 is 5.32 Å². The summed E-state index contributed by atoms with van der Waals surface area (Å²) in [7, 11) is -1.69. The summed E-state index contributed by atoms with van der Waals surface area (Å²) < 4.78 is 25.6. The summed E-state index contributed by atoms with van der Waals surface area (Å²) in [6.45, 7) is -0.0480. The molecule has 3 aromatic carbocycles. The number of aliphatic hydroxyl groups is 1. The maximum absolute atomic E-state index is 12.8. The van der Waals surface area contributed by atoms with E-state index in [0.29, 0.717) is 10.5 Å². The average molecular weight is 381 g/mol. The molecule has 0 aliphatic rings. The minimum absolute atomic E-state index is 0.0480. The van der Waals surface area contributed by atoms with Crippen LogP contribution in [0.15, 0.2) is 83.8 Å². The van der Waals surface area contributed by atoms with Crippen molar-refractivity contribution in [3.63, 3.8) is 0 Å². The van der Waals surface area contributed by atoms with Crippen LogP contribution in [0.25, 0.3) is 11.1 Å².